The number of thiazole rings is 1. The van der Waals surface area contributed by atoms with Crippen molar-refractivity contribution in [2.24, 2.45) is 0 Å². The molecular weight excluding hydrogens is 451 g/mol. The summed E-state index contributed by atoms with van der Waals surface area (Å²) in [6, 6.07) is 13.4. The molecule has 2 aliphatic rings. The second kappa shape index (κ2) is 10.4. The van der Waals surface area contributed by atoms with E-state index in [2.05, 4.69) is 28.0 Å². The number of amides is 1. The van der Waals surface area contributed by atoms with Crippen molar-refractivity contribution < 1.29 is 13.9 Å². The molecule has 0 radical (unpaired) electrons. The second-order valence-electron chi connectivity index (χ2n) is 9.22. The van der Waals surface area contributed by atoms with Crippen LogP contribution in [0.1, 0.15) is 29.3 Å². The number of para-hydroxylation sites is 1. The van der Waals surface area contributed by atoms with Crippen LogP contribution in [0.3, 0.4) is 0 Å². The number of halogens is 1. The Balaban J connectivity index is 1.11. The molecule has 0 N–H and O–H groups in total. The van der Waals surface area contributed by atoms with Crippen LogP contribution in [-0.2, 0) is 11.3 Å². The maximum atomic E-state index is 14.0. The number of carbonyl (C=O) groups excluding carboxylic acids is 1. The van der Waals surface area contributed by atoms with E-state index in [0.29, 0.717) is 19.0 Å². The summed E-state index contributed by atoms with van der Waals surface area (Å²) in [6.45, 7) is 6.21. The van der Waals surface area contributed by atoms with E-state index in [-0.39, 0.29) is 17.5 Å². The van der Waals surface area contributed by atoms with E-state index >= 15 is 0 Å². The van der Waals surface area contributed by atoms with Gasteiger partial charge >= 0.3 is 0 Å². The lowest BCUT2D eigenvalue weighted by Gasteiger charge is -2.37. The molecule has 1 atom stereocenters. The lowest BCUT2D eigenvalue weighted by Crippen LogP contribution is -2.50. The van der Waals surface area contributed by atoms with E-state index in [9.17, 15) is 9.18 Å². The number of methoxy groups -OCH3 is 1. The molecular formula is C26H31FN4O2S. The molecule has 5 rings (SSSR count). The first-order valence-electron chi connectivity index (χ1n) is 12.0. The van der Waals surface area contributed by atoms with Crippen molar-refractivity contribution in [1.82, 2.24) is 19.7 Å². The Morgan fingerprint density at radius 2 is 1.91 bits per heavy atom. The van der Waals surface area contributed by atoms with Crippen LogP contribution < -0.4 is 4.74 Å². The van der Waals surface area contributed by atoms with Gasteiger partial charge in [-0.15, -0.1) is 11.3 Å². The molecule has 2 aliphatic heterocycles. The number of hydrogen-bond donors (Lipinski definition) is 0. The standard InChI is InChI=1S/C26H31FN4O2S/c1-33-23-9-8-19(15-21(23)27)16-29-11-13-30(14-12-29)18-25(32)31-10-4-5-20(17-31)26-28-22-6-2-3-7-24(22)34-26/h2-3,6-9,15,20H,4-5,10-14,16-18H2,1H3/t20-/m1/s1. The maximum absolute atomic E-state index is 14.0. The van der Waals surface area contributed by atoms with Crippen LogP contribution in [-0.4, -0.2) is 78.5 Å². The number of likely N-dealkylation sites (tertiary alicyclic amines) is 1. The molecule has 8 heteroatoms. The summed E-state index contributed by atoms with van der Waals surface area (Å²) in [4.78, 5) is 24.5. The van der Waals surface area contributed by atoms with Gasteiger partial charge in [0.1, 0.15) is 0 Å². The maximum Gasteiger partial charge on any atom is 0.236 e. The summed E-state index contributed by atoms with van der Waals surface area (Å²) in [7, 11) is 1.48. The number of piperazine rings is 1. The highest BCUT2D eigenvalue weighted by Crippen LogP contribution is 2.33. The van der Waals surface area contributed by atoms with Crippen LogP contribution in [0.5, 0.6) is 5.75 Å². The van der Waals surface area contributed by atoms with Gasteiger partial charge in [0.15, 0.2) is 11.6 Å². The lowest BCUT2D eigenvalue weighted by atomic mass is 9.98. The van der Waals surface area contributed by atoms with Crippen LogP contribution in [0, 0.1) is 5.82 Å². The molecule has 2 fully saturated rings. The zero-order chi connectivity index (χ0) is 23.5. The molecule has 1 aromatic heterocycles. The van der Waals surface area contributed by atoms with Crippen LogP contribution in [0.25, 0.3) is 10.2 Å². The van der Waals surface area contributed by atoms with E-state index in [1.807, 2.05) is 17.0 Å². The van der Waals surface area contributed by atoms with Gasteiger partial charge in [-0.1, -0.05) is 18.2 Å². The summed E-state index contributed by atoms with van der Waals surface area (Å²) in [5.74, 6) is 0.499. The Morgan fingerprint density at radius 3 is 2.68 bits per heavy atom. The molecule has 1 amide bonds. The van der Waals surface area contributed by atoms with Crippen molar-refractivity contribution in [2.75, 3.05) is 52.9 Å². The highest BCUT2D eigenvalue weighted by atomic mass is 32.1. The average Bonchev–Trinajstić information content (AvgIpc) is 3.30. The second-order valence-corrected chi connectivity index (χ2v) is 10.3. The van der Waals surface area contributed by atoms with Gasteiger partial charge in [0, 0.05) is 51.7 Å². The topological polar surface area (TPSA) is 48.9 Å². The highest BCUT2D eigenvalue weighted by molar-refractivity contribution is 7.18. The minimum atomic E-state index is -0.324. The number of ether oxygens (including phenoxy) is 1. The summed E-state index contributed by atoms with van der Waals surface area (Å²) in [5, 5.41) is 1.15. The molecule has 6 nitrogen and oxygen atoms in total. The number of carbonyl (C=O) groups is 1. The number of fused-ring (bicyclic) bond motifs is 1. The Hall–Kier alpha value is -2.55. The largest absolute Gasteiger partial charge is 0.494 e. The zero-order valence-electron chi connectivity index (χ0n) is 19.6. The van der Waals surface area contributed by atoms with Crippen LogP contribution in [0.15, 0.2) is 42.5 Å². The molecule has 34 heavy (non-hydrogen) atoms. The van der Waals surface area contributed by atoms with Crippen molar-refractivity contribution in [3.8, 4) is 5.75 Å². The van der Waals surface area contributed by atoms with Gasteiger partial charge in [0.05, 0.1) is 28.9 Å². The molecule has 0 unspecified atom stereocenters. The highest BCUT2D eigenvalue weighted by Gasteiger charge is 2.28. The smallest absolute Gasteiger partial charge is 0.236 e. The molecule has 0 aliphatic carbocycles. The minimum absolute atomic E-state index is 0.219. The van der Waals surface area contributed by atoms with E-state index in [1.54, 1.807) is 23.5 Å². The number of benzene rings is 2. The van der Waals surface area contributed by atoms with Gasteiger partial charge in [0.25, 0.3) is 0 Å². The van der Waals surface area contributed by atoms with Crippen LogP contribution in [0.2, 0.25) is 0 Å². The Morgan fingerprint density at radius 1 is 1.12 bits per heavy atom. The lowest BCUT2D eigenvalue weighted by molar-refractivity contribution is -0.134. The molecule has 3 aromatic rings. The Kier molecular flexibility index (Phi) is 7.08. The third kappa shape index (κ3) is 5.24. The van der Waals surface area contributed by atoms with E-state index in [4.69, 9.17) is 9.72 Å². The number of rotatable bonds is 6. The van der Waals surface area contributed by atoms with Gasteiger partial charge in [-0.3, -0.25) is 14.6 Å². The van der Waals surface area contributed by atoms with Gasteiger partial charge in [-0.25, -0.2) is 9.37 Å². The number of piperidine rings is 1. The van der Waals surface area contributed by atoms with Gasteiger partial charge in [-0.05, 0) is 42.7 Å². The summed E-state index contributed by atoms with van der Waals surface area (Å²) in [6.07, 6.45) is 2.12. The number of nitrogens with zero attached hydrogens (tertiary/aromatic N) is 4. The van der Waals surface area contributed by atoms with E-state index in [0.717, 1.165) is 68.2 Å². The molecule has 0 spiro atoms. The molecule has 2 aromatic carbocycles. The fraction of sp³-hybridized carbons (Fsp3) is 0.462. The number of aromatic nitrogens is 1. The quantitative estimate of drug-likeness (QED) is 0.532. The van der Waals surface area contributed by atoms with Crippen LogP contribution >= 0.6 is 11.3 Å². The van der Waals surface area contributed by atoms with Crippen molar-refractivity contribution >= 4 is 27.5 Å². The van der Waals surface area contributed by atoms with Crippen molar-refractivity contribution in [2.45, 2.75) is 25.3 Å². The normalized spacial score (nSPS) is 20.1. The van der Waals surface area contributed by atoms with E-state index in [1.165, 1.54) is 11.8 Å². The third-order valence-corrected chi connectivity index (χ3v) is 8.08. The molecule has 0 saturated carbocycles. The summed E-state index contributed by atoms with van der Waals surface area (Å²) < 4.78 is 20.2. The first-order chi connectivity index (χ1) is 16.6. The Bertz CT molecular complexity index is 1110. The minimum Gasteiger partial charge on any atom is -0.494 e. The first-order valence-corrected chi connectivity index (χ1v) is 12.8. The molecule has 2 saturated heterocycles. The number of hydrogen-bond acceptors (Lipinski definition) is 6. The monoisotopic (exact) mass is 482 g/mol. The summed E-state index contributed by atoms with van der Waals surface area (Å²) >= 11 is 1.76. The molecule has 3 heterocycles. The van der Waals surface area contributed by atoms with Gasteiger partial charge < -0.3 is 9.64 Å². The SMILES string of the molecule is COc1ccc(CN2CCN(CC(=O)N3CCC[C@@H](c4nc5ccccc5s4)C3)CC2)cc1F. The van der Waals surface area contributed by atoms with Crippen molar-refractivity contribution in [3.63, 3.8) is 0 Å². The third-order valence-electron chi connectivity index (χ3n) is 6.88. The predicted octanol–water partition coefficient (Wildman–Crippen LogP) is 3.97. The summed E-state index contributed by atoms with van der Waals surface area (Å²) in [5.41, 5.74) is 2.00. The molecule has 0 bridgehead atoms. The fourth-order valence-corrected chi connectivity index (χ4v) is 6.03. The van der Waals surface area contributed by atoms with Crippen LogP contribution in [0.4, 0.5) is 4.39 Å². The van der Waals surface area contributed by atoms with Gasteiger partial charge in [0.2, 0.25) is 5.91 Å². The first kappa shape index (κ1) is 23.2. The van der Waals surface area contributed by atoms with Crippen molar-refractivity contribution in [1.29, 1.82) is 0 Å². The van der Waals surface area contributed by atoms with Gasteiger partial charge in [-0.2, -0.15) is 0 Å². The molecule has 180 valence electrons. The Labute approximate surface area is 203 Å². The van der Waals surface area contributed by atoms with E-state index < -0.39 is 0 Å². The average molecular weight is 483 g/mol. The van der Waals surface area contributed by atoms with Crippen molar-refractivity contribution in [3.05, 3.63) is 58.9 Å². The predicted molar refractivity (Wildman–Crippen MR) is 133 cm³/mol. The zero-order valence-corrected chi connectivity index (χ0v) is 20.4. The fourth-order valence-electron chi connectivity index (χ4n) is 4.93.